The fourth-order valence-electron chi connectivity index (χ4n) is 1.77. The zero-order chi connectivity index (χ0) is 11.4. The predicted octanol–water partition coefficient (Wildman–Crippen LogP) is 0.924. The minimum atomic E-state index is 0.342. The van der Waals surface area contributed by atoms with E-state index in [1.807, 2.05) is 0 Å². The number of aromatic nitrogens is 2. The summed E-state index contributed by atoms with van der Waals surface area (Å²) in [6.45, 7) is 2.04. The minimum Gasteiger partial charge on any atom is -0.389 e. The first-order chi connectivity index (χ1) is 7.77. The first-order valence-electron chi connectivity index (χ1n) is 5.40. The van der Waals surface area contributed by atoms with Gasteiger partial charge in [0.15, 0.2) is 5.82 Å². The first-order valence-corrected chi connectivity index (χ1v) is 5.81. The highest BCUT2D eigenvalue weighted by Gasteiger charge is 2.13. The Morgan fingerprint density at radius 3 is 2.81 bits per heavy atom. The molecule has 1 fully saturated rings. The zero-order valence-corrected chi connectivity index (χ0v) is 9.83. The molecule has 0 saturated carbocycles. The normalized spacial score (nSPS) is 17.0. The zero-order valence-electron chi connectivity index (χ0n) is 9.02. The van der Waals surface area contributed by atoms with Crippen LogP contribution in [0.2, 0.25) is 0 Å². The Hall–Kier alpha value is -1.27. The molecule has 0 bridgehead atoms. The smallest absolute Gasteiger partial charge is 0.173 e. The molecular weight excluding hydrogens is 222 g/mol. The number of hydrogen-bond donors (Lipinski definition) is 2. The molecule has 0 atom stereocenters. The molecule has 6 heteroatoms. The van der Waals surface area contributed by atoms with Crippen LogP contribution in [-0.4, -0.2) is 33.3 Å². The number of piperidine rings is 1. The van der Waals surface area contributed by atoms with Crippen molar-refractivity contribution in [3.05, 3.63) is 17.8 Å². The van der Waals surface area contributed by atoms with Gasteiger partial charge < -0.3 is 11.2 Å². The standard InChI is InChI=1S/C10H15N5S/c11-9(16)8-4-5-12-13-10(8)14-15-6-2-1-3-7-15/h4-5H,1-3,6-7H2,(H2,11,16)(H,13,14). The largest absolute Gasteiger partial charge is 0.389 e. The molecule has 1 aliphatic heterocycles. The lowest BCUT2D eigenvalue weighted by Crippen LogP contribution is -2.36. The van der Waals surface area contributed by atoms with E-state index in [0.29, 0.717) is 10.8 Å². The van der Waals surface area contributed by atoms with Gasteiger partial charge in [0.05, 0.1) is 11.8 Å². The van der Waals surface area contributed by atoms with Crippen molar-refractivity contribution in [3.8, 4) is 0 Å². The quantitative estimate of drug-likeness (QED) is 0.762. The van der Waals surface area contributed by atoms with Crippen LogP contribution in [0, 0.1) is 0 Å². The molecule has 16 heavy (non-hydrogen) atoms. The number of nitrogens with zero attached hydrogens (tertiary/aromatic N) is 3. The molecule has 5 nitrogen and oxygen atoms in total. The van der Waals surface area contributed by atoms with Crippen LogP contribution < -0.4 is 11.2 Å². The van der Waals surface area contributed by atoms with Gasteiger partial charge in [0.2, 0.25) is 0 Å². The summed E-state index contributed by atoms with van der Waals surface area (Å²) in [5.74, 6) is 0.650. The van der Waals surface area contributed by atoms with Gasteiger partial charge in [-0.05, 0) is 18.9 Å². The second-order valence-corrected chi connectivity index (χ2v) is 4.26. The molecule has 0 spiro atoms. The van der Waals surface area contributed by atoms with Crippen LogP contribution in [0.3, 0.4) is 0 Å². The number of hydrogen-bond acceptors (Lipinski definition) is 5. The average Bonchev–Trinajstić information content (AvgIpc) is 2.31. The Morgan fingerprint density at radius 2 is 2.12 bits per heavy atom. The second-order valence-electron chi connectivity index (χ2n) is 3.82. The van der Waals surface area contributed by atoms with Gasteiger partial charge in [-0.15, -0.1) is 5.10 Å². The molecule has 3 N–H and O–H groups in total. The van der Waals surface area contributed by atoms with E-state index in [2.05, 4.69) is 20.6 Å². The van der Waals surface area contributed by atoms with Crippen LogP contribution in [0.4, 0.5) is 5.82 Å². The Balaban J connectivity index is 2.10. The van der Waals surface area contributed by atoms with Crippen LogP contribution in [-0.2, 0) is 0 Å². The third-order valence-corrected chi connectivity index (χ3v) is 2.83. The topological polar surface area (TPSA) is 67.1 Å². The van der Waals surface area contributed by atoms with E-state index in [9.17, 15) is 0 Å². The molecular formula is C10H15N5S. The van der Waals surface area contributed by atoms with Gasteiger partial charge in [-0.2, -0.15) is 5.10 Å². The van der Waals surface area contributed by atoms with Gasteiger partial charge in [-0.25, -0.2) is 5.01 Å². The highest BCUT2D eigenvalue weighted by atomic mass is 32.1. The molecule has 0 amide bonds. The van der Waals surface area contributed by atoms with Gasteiger partial charge in [-0.1, -0.05) is 18.6 Å². The highest BCUT2D eigenvalue weighted by Crippen LogP contribution is 2.14. The lowest BCUT2D eigenvalue weighted by atomic mass is 10.2. The maximum Gasteiger partial charge on any atom is 0.173 e. The molecule has 1 saturated heterocycles. The molecule has 2 heterocycles. The summed E-state index contributed by atoms with van der Waals surface area (Å²) in [6, 6.07) is 1.78. The van der Waals surface area contributed by atoms with Crippen molar-refractivity contribution >= 4 is 23.0 Å². The third-order valence-electron chi connectivity index (χ3n) is 2.61. The average molecular weight is 237 g/mol. The Bertz CT molecular complexity index is 375. The molecule has 1 aromatic heterocycles. The molecule has 1 aromatic rings. The van der Waals surface area contributed by atoms with Crippen molar-refractivity contribution < 1.29 is 0 Å². The van der Waals surface area contributed by atoms with Crippen molar-refractivity contribution in [1.29, 1.82) is 0 Å². The lowest BCUT2D eigenvalue weighted by Gasteiger charge is -2.27. The van der Waals surface area contributed by atoms with Crippen molar-refractivity contribution in [2.75, 3.05) is 18.5 Å². The first kappa shape index (κ1) is 11.2. The van der Waals surface area contributed by atoms with E-state index in [-0.39, 0.29) is 0 Å². The van der Waals surface area contributed by atoms with E-state index in [4.69, 9.17) is 18.0 Å². The third kappa shape index (κ3) is 2.65. The summed E-state index contributed by atoms with van der Waals surface area (Å²) < 4.78 is 0. The maximum absolute atomic E-state index is 5.62. The van der Waals surface area contributed by atoms with Gasteiger partial charge >= 0.3 is 0 Å². The summed E-state index contributed by atoms with van der Waals surface area (Å²) >= 11 is 4.97. The van der Waals surface area contributed by atoms with Gasteiger partial charge in [0.1, 0.15) is 4.99 Å². The van der Waals surface area contributed by atoms with Crippen molar-refractivity contribution in [3.63, 3.8) is 0 Å². The molecule has 86 valence electrons. The van der Waals surface area contributed by atoms with E-state index in [0.717, 1.165) is 18.7 Å². The van der Waals surface area contributed by atoms with E-state index < -0.39 is 0 Å². The van der Waals surface area contributed by atoms with Crippen LogP contribution in [0.25, 0.3) is 0 Å². The van der Waals surface area contributed by atoms with E-state index >= 15 is 0 Å². The van der Waals surface area contributed by atoms with Gasteiger partial charge in [0.25, 0.3) is 0 Å². The Morgan fingerprint density at radius 1 is 1.38 bits per heavy atom. The monoisotopic (exact) mass is 237 g/mol. The maximum atomic E-state index is 5.62. The number of hydrazine groups is 1. The summed E-state index contributed by atoms with van der Waals surface area (Å²) in [7, 11) is 0. The van der Waals surface area contributed by atoms with Gasteiger partial charge in [0, 0.05) is 13.1 Å². The second kappa shape index (κ2) is 5.18. The number of nitrogens with one attached hydrogen (secondary N) is 1. The number of rotatable bonds is 3. The van der Waals surface area contributed by atoms with E-state index in [1.165, 1.54) is 19.3 Å². The van der Waals surface area contributed by atoms with Crippen molar-refractivity contribution in [1.82, 2.24) is 15.2 Å². The molecule has 0 unspecified atom stereocenters. The van der Waals surface area contributed by atoms with Crippen molar-refractivity contribution in [2.24, 2.45) is 5.73 Å². The lowest BCUT2D eigenvalue weighted by molar-refractivity contribution is 0.272. The fraction of sp³-hybridized carbons (Fsp3) is 0.500. The minimum absolute atomic E-state index is 0.342. The molecule has 0 radical (unpaired) electrons. The number of nitrogens with two attached hydrogens (primary N) is 1. The summed E-state index contributed by atoms with van der Waals surface area (Å²) in [4.78, 5) is 0.342. The van der Waals surface area contributed by atoms with Gasteiger partial charge in [-0.3, -0.25) is 0 Å². The number of thiocarbonyl (C=S) groups is 1. The summed E-state index contributed by atoms with van der Waals surface area (Å²) in [5.41, 5.74) is 9.59. The fourth-order valence-corrected chi connectivity index (χ4v) is 1.93. The molecule has 1 aliphatic rings. The van der Waals surface area contributed by atoms with Crippen LogP contribution in [0.15, 0.2) is 12.3 Å². The molecule has 0 aliphatic carbocycles. The van der Waals surface area contributed by atoms with Crippen molar-refractivity contribution in [2.45, 2.75) is 19.3 Å². The summed E-state index contributed by atoms with van der Waals surface area (Å²) in [6.07, 6.45) is 5.29. The van der Waals surface area contributed by atoms with Crippen LogP contribution >= 0.6 is 12.2 Å². The highest BCUT2D eigenvalue weighted by molar-refractivity contribution is 7.80. The molecule has 2 rings (SSSR count). The SMILES string of the molecule is NC(=S)c1ccnnc1NN1CCCCC1. The Labute approximate surface area is 100 Å². The van der Waals surface area contributed by atoms with Crippen LogP contribution in [0.1, 0.15) is 24.8 Å². The number of anilines is 1. The van der Waals surface area contributed by atoms with E-state index in [1.54, 1.807) is 12.3 Å². The Kier molecular flexibility index (Phi) is 3.63. The molecule has 0 aromatic carbocycles. The van der Waals surface area contributed by atoms with Crippen LogP contribution in [0.5, 0.6) is 0 Å². The summed E-state index contributed by atoms with van der Waals surface area (Å²) in [5, 5.41) is 10.00. The predicted molar refractivity (Wildman–Crippen MR) is 67.0 cm³/mol.